The molecule has 0 fully saturated rings. The topological polar surface area (TPSA) is 77.8 Å². The van der Waals surface area contributed by atoms with Crippen molar-refractivity contribution in [1.82, 2.24) is 15.1 Å². The van der Waals surface area contributed by atoms with Crippen LogP contribution in [0.1, 0.15) is 39.0 Å². The van der Waals surface area contributed by atoms with Gasteiger partial charge in [0.2, 0.25) is 11.7 Å². The third kappa shape index (κ3) is 3.14. The molecular weight excluding hydrogens is 248 g/mol. The molecule has 0 saturated heterocycles. The van der Waals surface area contributed by atoms with Gasteiger partial charge in [0.05, 0.1) is 16.3 Å². The lowest BCUT2D eigenvalue weighted by Gasteiger charge is -2.22. The highest BCUT2D eigenvalue weighted by molar-refractivity contribution is 7.13. The van der Waals surface area contributed by atoms with Crippen molar-refractivity contribution in [1.29, 1.82) is 0 Å². The van der Waals surface area contributed by atoms with Gasteiger partial charge in [-0.15, -0.1) is 11.3 Å². The van der Waals surface area contributed by atoms with Crippen molar-refractivity contribution in [3.05, 3.63) is 17.6 Å². The molecule has 2 N–H and O–H groups in total. The van der Waals surface area contributed by atoms with Crippen LogP contribution in [0.15, 0.2) is 16.2 Å². The summed E-state index contributed by atoms with van der Waals surface area (Å²) in [6.07, 6.45) is 2.66. The van der Waals surface area contributed by atoms with E-state index in [9.17, 15) is 0 Å². The van der Waals surface area contributed by atoms with E-state index in [1.54, 1.807) is 11.7 Å². The zero-order valence-corrected chi connectivity index (χ0v) is 11.7. The predicted octanol–water partition coefficient (Wildman–Crippen LogP) is 2.67. The van der Waals surface area contributed by atoms with Gasteiger partial charge in [-0.1, -0.05) is 25.9 Å². The fraction of sp³-hybridized carbons (Fsp3) is 0.583. The van der Waals surface area contributed by atoms with Gasteiger partial charge in [-0.05, 0) is 11.8 Å². The van der Waals surface area contributed by atoms with Crippen LogP contribution >= 0.6 is 11.3 Å². The monoisotopic (exact) mass is 266 g/mol. The Hall–Kier alpha value is -1.27. The molecule has 18 heavy (non-hydrogen) atoms. The third-order valence-electron chi connectivity index (χ3n) is 2.59. The Morgan fingerprint density at radius 2 is 2.22 bits per heavy atom. The molecule has 0 aliphatic heterocycles. The van der Waals surface area contributed by atoms with Gasteiger partial charge in [0.15, 0.2) is 0 Å². The number of thiazole rings is 1. The molecule has 0 spiro atoms. The second kappa shape index (κ2) is 5.16. The molecule has 1 unspecified atom stereocenters. The highest BCUT2D eigenvalue weighted by Gasteiger charge is 2.24. The van der Waals surface area contributed by atoms with Crippen LogP contribution in [0.3, 0.4) is 0 Å². The molecule has 0 saturated carbocycles. The second-order valence-corrected chi connectivity index (χ2v) is 6.41. The molecule has 0 bridgehead atoms. The molecule has 2 rings (SSSR count). The summed E-state index contributed by atoms with van der Waals surface area (Å²) in [6.45, 7) is 7.05. The van der Waals surface area contributed by atoms with Crippen molar-refractivity contribution >= 4 is 11.3 Å². The smallest absolute Gasteiger partial charge is 0.231 e. The van der Waals surface area contributed by atoms with Crippen LogP contribution in [-0.2, 0) is 0 Å². The molecule has 0 amide bonds. The minimum absolute atomic E-state index is 0.110. The standard InChI is InChI=1S/C12H18N4OS/c1-12(2,3)4-8(5-13)11-15-10(16-17-11)9-6-14-7-18-9/h6-8H,4-5,13H2,1-3H3. The maximum atomic E-state index is 5.80. The highest BCUT2D eigenvalue weighted by atomic mass is 32.1. The Bertz CT molecular complexity index is 486. The Kier molecular flexibility index (Phi) is 3.77. The summed E-state index contributed by atoms with van der Waals surface area (Å²) in [6, 6.07) is 0. The molecule has 2 aromatic heterocycles. The van der Waals surface area contributed by atoms with Crippen molar-refractivity contribution in [2.45, 2.75) is 33.1 Å². The van der Waals surface area contributed by atoms with Gasteiger partial charge >= 0.3 is 0 Å². The molecule has 5 nitrogen and oxygen atoms in total. The van der Waals surface area contributed by atoms with Gasteiger partial charge in [-0.2, -0.15) is 4.98 Å². The zero-order chi connectivity index (χ0) is 13.2. The lowest BCUT2D eigenvalue weighted by Crippen LogP contribution is -2.19. The van der Waals surface area contributed by atoms with E-state index in [0.717, 1.165) is 11.3 Å². The first-order valence-corrected chi connectivity index (χ1v) is 6.80. The van der Waals surface area contributed by atoms with Gasteiger partial charge in [0.25, 0.3) is 0 Å². The molecule has 1 atom stereocenters. The van der Waals surface area contributed by atoms with E-state index in [2.05, 4.69) is 35.9 Å². The van der Waals surface area contributed by atoms with Gasteiger partial charge in [-0.3, -0.25) is 4.98 Å². The molecular formula is C12H18N4OS. The summed E-state index contributed by atoms with van der Waals surface area (Å²) in [5, 5.41) is 3.99. The van der Waals surface area contributed by atoms with Crippen LogP contribution in [-0.4, -0.2) is 21.7 Å². The van der Waals surface area contributed by atoms with Gasteiger partial charge in [0, 0.05) is 12.7 Å². The summed E-state index contributed by atoms with van der Waals surface area (Å²) in [5.74, 6) is 1.33. The average Bonchev–Trinajstić information content (AvgIpc) is 2.94. The average molecular weight is 266 g/mol. The number of nitrogens with zero attached hydrogens (tertiary/aromatic N) is 3. The fourth-order valence-corrected chi connectivity index (χ4v) is 2.38. The van der Waals surface area contributed by atoms with E-state index in [1.165, 1.54) is 11.3 Å². The molecule has 2 heterocycles. The molecule has 6 heteroatoms. The first-order chi connectivity index (χ1) is 8.49. The first-order valence-electron chi connectivity index (χ1n) is 5.92. The maximum Gasteiger partial charge on any atom is 0.231 e. The lowest BCUT2D eigenvalue weighted by molar-refractivity contribution is 0.287. The summed E-state index contributed by atoms with van der Waals surface area (Å²) >= 11 is 1.49. The van der Waals surface area contributed by atoms with E-state index in [-0.39, 0.29) is 11.3 Å². The quantitative estimate of drug-likeness (QED) is 0.920. The van der Waals surface area contributed by atoms with E-state index < -0.39 is 0 Å². The number of nitrogens with two attached hydrogens (primary N) is 1. The van der Waals surface area contributed by atoms with Crippen molar-refractivity contribution in [2.75, 3.05) is 6.54 Å². The summed E-state index contributed by atoms with van der Waals surface area (Å²) in [5.41, 5.74) is 7.74. The van der Waals surface area contributed by atoms with E-state index in [1.807, 2.05) is 0 Å². The van der Waals surface area contributed by atoms with E-state index in [4.69, 9.17) is 10.3 Å². The first kappa shape index (κ1) is 13.2. The second-order valence-electron chi connectivity index (χ2n) is 5.52. The molecule has 0 radical (unpaired) electrons. The van der Waals surface area contributed by atoms with Crippen molar-refractivity contribution in [2.24, 2.45) is 11.1 Å². The largest absolute Gasteiger partial charge is 0.339 e. The molecule has 2 aromatic rings. The highest BCUT2D eigenvalue weighted by Crippen LogP contribution is 2.31. The van der Waals surface area contributed by atoms with E-state index >= 15 is 0 Å². The molecule has 98 valence electrons. The number of hydrogen-bond acceptors (Lipinski definition) is 6. The van der Waals surface area contributed by atoms with Crippen LogP contribution in [0.25, 0.3) is 10.7 Å². The Balaban J connectivity index is 2.18. The van der Waals surface area contributed by atoms with Crippen molar-refractivity contribution in [3.63, 3.8) is 0 Å². The van der Waals surface area contributed by atoms with Crippen molar-refractivity contribution in [3.8, 4) is 10.7 Å². The Morgan fingerprint density at radius 1 is 1.44 bits per heavy atom. The fourth-order valence-electron chi connectivity index (χ4n) is 1.84. The van der Waals surface area contributed by atoms with Crippen LogP contribution < -0.4 is 5.73 Å². The summed E-state index contributed by atoms with van der Waals surface area (Å²) in [7, 11) is 0. The molecule has 0 aliphatic carbocycles. The predicted molar refractivity (Wildman–Crippen MR) is 71.3 cm³/mol. The molecule has 0 aliphatic rings. The van der Waals surface area contributed by atoms with Crippen LogP contribution in [0.2, 0.25) is 0 Å². The number of aromatic nitrogens is 3. The number of hydrogen-bond donors (Lipinski definition) is 1. The van der Waals surface area contributed by atoms with E-state index in [0.29, 0.717) is 18.3 Å². The van der Waals surface area contributed by atoms with Gasteiger partial charge in [0.1, 0.15) is 0 Å². The minimum atomic E-state index is 0.110. The van der Waals surface area contributed by atoms with Crippen LogP contribution in [0, 0.1) is 5.41 Å². The summed E-state index contributed by atoms with van der Waals surface area (Å²) < 4.78 is 5.33. The lowest BCUT2D eigenvalue weighted by atomic mass is 9.84. The summed E-state index contributed by atoms with van der Waals surface area (Å²) in [4.78, 5) is 9.34. The van der Waals surface area contributed by atoms with Crippen LogP contribution in [0.4, 0.5) is 0 Å². The normalized spacial score (nSPS) is 13.8. The minimum Gasteiger partial charge on any atom is -0.339 e. The van der Waals surface area contributed by atoms with Gasteiger partial charge < -0.3 is 10.3 Å². The number of rotatable bonds is 4. The third-order valence-corrected chi connectivity index (χ3v) is 3.36. The Labute approximate surface area is 110 Å². The molecule has 0 aromatic carbocycles. The van der Waals surface area contributed by atoms with Crippen molar-refractivity contribution < 1.29 is 4.52 Å². The van der Waals surface area contributed by atoms with Crippen LogP contribution in [0.5, 0.6) is 0 Å². The zero-order valence-electron chi connectivity index (χ0n) is 10.9. The van der Waals surface area contributed by atoms with Gasteiger partial charge in [-0.25, -0.2) is 0 Å². The maximum absolute atomic E-state index is 5.80. The SMILES string of the molecule is CC(C)(C)CC(CN)c1nc(-c2cncs2)no1. The Morgan fingerprint density at radius 3 is 2.78 bits per heavy atom.